The van der Waals surface area contributed by atoms with Crippen LogP contribution < -0.4 is 30.3 Å². The van der Waals surface area contributed by atoms with Crippen molar-refractivity contribution in [1.82, 2.24) is 20.6 Å². The van der Waals surface area contributed by atoms with Crippen LogP contribution in [0.15, 0.2) is 30.5 Å². The van der Waals surface area contributed by atoms with Gasteiger partial charge in [-0.15, -0.1) is 0 Å². The van der Waals surface area contributed by atoms with E-state index in [1.54, 1.807) is 29.3 Å². The lowest BCUT2D eigenvalue weighted by Gasteiger charge is -2.42. The number of hydrogen-bond acceptors (Lipinski definition) is 8. The number of nitrogens with one attached hydrogen (secondary N) is 2. The number of piperidine rings is 1. The lowest BCUT2D eigenvalue weighted by molar-refractivity contribution is 0.170. The molecule has 0 atom stereocenters. The molecule has 0 aliphatic carbocycles. The Balaban J connectivity index is 1.10. The quantitative estimate of drug-likeness (QED) is 0.659. The van der Waals surface area contributed by atoms with Gasteiger partial charge in [-0.3, -0.25) is 15.3 Å². The molecule has 0 saturated carbocycles. The minimum atomic E-state index is -0.441. The summed E-state index contributed by atoms with van der Waals surface area (Å²) in [7, 11) is 0. The normalized spacial score (nSPS) is 18.8. The Labute approximate surface area is 196 Å². The fourth-order valence-electron chi connectivity index (χ4n) is 4.36. The molecule has 4 heterocycles. The lowest BCUT2D eigenvalue weighted by Crippen LogP contribution is -2.54. The summed E-state index contributed by atoms with van der Waals surface area (Å²) < 4.78 is 11.2. The number of aromatic nitrogens is 1. The maximum atomic E-state index is 12.4. The predicted octanol–water partition coefficient (Wildman–Crippen LogP) is 2.51. The second-order valence-electron chi connectivity index (χ2n) is 8.31. The highest BCUT2D eigenvalue weighted by atomic mass is 35.5. The number of benzene rings is 1. The Morgan fingerprint density at radius 3 is 2.73 bits per heavy atom. The van der Waals surface area contributed by atoms with Crippen LogP contribution in [0.1, 0.15) is 18.5 Å². The Kier molecular flexibility index (Phi) is 6.41. The van der Waals surface area contributed by atoms with E-state index in [2.05, 4.69) is 20.6 Å². The van der Waals surface area contributed by atoms with Crippen LogP contribution in [0.4, 0.5) is 16.2 Å². The number of fused-ring (bicyclic) bond motifs is 2. The Hall–Kier alpha value is -2.79. The number of carbonyl (C=O) groups is 1. The van der Waals surface area contributed by atoms with Crippen LogP contribution in [0, 0.1) is 5.21 Å². The number of nitrogens with zero attached hydrogens (tertiary/aromatic N) is 4. The minimum absolute atomic E-state index is 0.384. The van der Waals surface area contributed by atoms with Crippen molar-refractivity contribution in [2.24, 2.45) is 0 Å². The van der Waals surface area contributed by atoms with Crippen molar-refractivity contribution in [1.29, 1.82) is 0 Å². The van der Waals surface area contributed by atoms with Gasteiger partial charge in [-0.1, -0.05) is 11.6 Å². The maximum absolute atomic E-state index is 12.4. The summed E-state index contributed by atoms with van der Waals surface area (Å²) in [5, 5.41) is 16.6. The fraction of sp³-hybridized carbons (Fsp3) is 0.455. The molecule has 0 spiro atoms. The molecule has 2 amide bonds. The number of urea groups is 1. The molecular formula is C22H26ClN6O4-. The zero-order chi connectivity index (χ0) is 22.8. The number of hydrazine groups is 1. The number of likely N-dealkylation sites (tertiary alicyclic amines) is 1. The smallest absolute Gasteiger partial charge is 0.340 e. The van der Waals surface area contributed by atoms with E-state index < -0.39 is 6.03 Å². The zero-order valence-corrected chi connectivity index (χ0v) is 18.9. The van der Waals surface area contributed by atoms with Gasteiger partial charge in [0.1, 0.15) is 13.2 Å². The molecule has 33 heavy (non-hydrogen) atoms. The molecule has 1 aromatic carbocycles. The van der Waals surface area contributed by atoms with Crippen LogP contribution in [0.3, 0.4) is 0 Å². The minimum Gasteiger partial charge on any atom is -0.739 e. The Bertz CT molecular complexity index is 1020. The van der Waals surface area contributed by atoms with Gasteiger partial charge in [-0.25, -0.2) is 4.79 Å². The Morgan fingerprint density at radius 2 is 1.91 bits per heavy atom. The van der Waals surface area contributed by atoms with Crippen molar-refractivity contribution in [3.05, 3.63) is 46.4 Å². The summed E-state index contributed by atoms with van der Waals surface area (Å²) >= 11 is 6.10. The number of halogens is 1. The van der Waals surface area contributed by atoms with E-state index in [1.807, 2.05) is 6.07 Å². The number of amides is 2. The lowest BCUT2D eigenvalue weighted by atomic mass is 10.0. The molecule has 0 unspecified atom stereocenters. The number of hydrogen-bond donors (Lipinski definition) is 2. The van der Waals surface area contributed by atoms with Gasteiger partial charge in [-0.2, -0.15) is 0 Å². The summed E-state index contributed by atoms with van der Waals surface area (Å²) in [5.74, 6) is 1.46. The van der Waals surface area contributed by atoms with Gasteiger partial charge in [0.15, 0.2) is 11.5 Å². The number of anilines is 2. The molecule has 2 N–H and O–H groups in total. The standard InChI is InChI=1S/C22H26ClN6O4/c23-15-1-2-18-19(11-15)28(22(30)26-29(18)31)8-7-27-5-3-16(4-6-27)24-13-17-12-20-21(14-25-17)33-10-9-32-20/h1-2,11-12,14,16,24H,3-10,13H2,(H,26,30)/q-1. The van der Waals surface area contributed by atoms with E-state index in [0.717, 1.165) is 37.4 Å². The summed E-state index contributed by atoms with van der Waals surface area (Å²) in [6.45, 7) is 4.86. The van der Waals surface area contributed by atoms with E-state index in [4.69, 9.17) is 21.1 Å². The number of ether oxygens (including phenoxy) is 2. The van der Waals surface area contributed by atoms with E-state index in [9.17, 15) is 10.0 Å². The molecule has 1 saturated heterocycles. The second kappa shape index (κ2) is 9.60. The van der Waals surface area contributed by atoms with Crippen molar-refractivity contribution >= 4 is 29.0 Å². The van der Waals surface area contributed by atoms with Crippen LogP contribution in [0.5, 0.6) is 11.5 Å². The summed E-state index contributed by atoms with van der Waals surface area (Å²) in [5.41, 5.74) is 4.17. The van der Waals surface area contributed by atoms with E-state index in [-0.39, 0.29) is 0 Å². The molecule has 3 aliphatic rings. The highest BCUT2D eigenvalue weighted by Crippen LogP contribution is 2.34. The first-order valence-corrected chi connectivity index (χ1v) is 11.5. The highest BCUT2D eigenvalue weighted by molar-refractivity contribution is 6.31. The number of pyridine rings is 1. The van der Waals surface area contributed by atoms with Crippen LogP contribution in [0.25, 0.3) is 0 Å². The third-order valence-electron chi connectivity index (χ3n) is 6.18. The van der Waals surface area contributed by atoms with Crippen LogP contribution in [-0.2, 0) is 6.54 Å². The third kappa shape index (κ3) is 4.93. The molecule has 2 aromatic rings. The molecule has 0 bridgehead atoms. The third-order valence-corrected chi connectivity index (χ3v) is 6.41. The highest BCUT2D eigenvalue weighted by Gasteiger charge is 2.27. The molecule has 0 radical (unpaired) electrons. The monoisotopic (exact) mass is 473 g/mol. The molecule has 176 valence electrons. The van der Waals surface area contributed by atoms with Crippen LogP contribution in [-0.4, -0.2) is 61.3 Å². The topological polar surface area (TPSA) is 105 Å². The van der Waals surface area contributed by atoms with Gasteiger partial charge in [0, 0.05) is 36.8 Å². The van der Waals surface area contributed by atoms with Crippen LogP contribution >= 0.6 is 11.6 Å². The predicted molar refractivity (Wildman–Crippen MR) is 125 cm³/mol. The van der Waals surface area contributed by atoms with E-state index >= 15 is 0 Å². The van der Waals surface area contributed by atoms with Crippen LogP contribution in [0.2, 0.25) is 5.02 Å². The van der Waals surface area contributed by atoms with Crippen molar-refractivity contribution in [2.75, 3.05) is 49.5 Å². The van der Waals surface area contributed by atoms with Crippen molar-refractivity contribution in [2.45, 2.75) is 25.4 Å². The van der Waals surface area contributed by atoms with Crippen molar-refractivity contribution in [3.63, 3.8) is 0 Å². The fourth-order valence-corrected chi connectivity index (χ4v) is 4.53. The second-order valence-corrected chi connectivity index (χ2v) is 8.75. The van der Waals surface area contributed by atoms with Gasteiger partial charge >= 0.3 is 6.03 Å². The SMILES string of the molecule is O=C1NN([O-])c2ccc(Cl)cc2N1CCN1CCC(NCc2cc3c(cn2)OCCO3)CC1. The van der Waals surface area contributed by atoms with Gasteiger partial charge in [0.2, 0.25) is 0 Å². The average Bonchev–Trinajstić information content (AvgIpc) is 2.83. The molecule has 3 aliphatic heterocycles. The molecule has 1 aromatic heterocycles. The Morgan fingerprint density at radius 1 is 1.12 bits per heavy atom. The summed E-state index contributed by atoms with van der Waals surface area (Å²) in [6.07, 6.45) is 3.74. The largest absolute Gasteiger partial charge is 0.739 e. The van der Waals surface area contributed by atoms with Gasteiger partial charge < -0.3 is 30.1 Å². The van der Waals surface area contributed by atoms with E-state index in [0.29, 0.717) is 66.2 Å². The maximum Gasteiger partial charge on any atom is 0.340 e. The number of rotatable bonds is 6. The van der Waals surface area contributed by atoms with E-state index in [1.165, 1.54) is 0 Å². The molecule has 5 rings (SSSR count). The molecule has 11 heteroatoms. The van der Waals surface area contributed by atoms with Gasteiger partial charge in [0.25, 0.3) is 0 Å². The summed E-state index contributed by atoms with van der Waals surface area (Å²) in [4.78, 5) is 20.8. The van der Waals surface area contributed by atoms with Crippen molar-refractivity contribution in [3.8, 4) is 11.5 Å². The van der Waals surface area contributed by atoms with Gasteiger partial charge in [0.05, 0.1) is 23.3 Å². The first-order chi connectivity index (χ1) is 16.1. The zero-order valence-electron chi connectivity index (χ0n) is 18.1. The molecular weight excluding hydrogens is 448 g/mol. The average molecular weight is 474 g/mol. The molecule has 1 fully saturated rings. The first-order valence-electron chi connectivity index (χ1n) is 11.1. The number of carbonyl (C=O) groups excluding carboxylic acids is 1. The molecule has 10 nitrogen and oxygen atoms in total. The first kappa shape index (κ1) is 22.0. The van der Waals surface area contributed by atoms with Gasteiger partial charge in [-0.05, 0) is 44.1 Å². The summed E-state index contributed by atoms with van der Waals surface area (Å²) in [6, 6.07) is 6.81. The van der Waals surface area contributed by atoms with Crippen molar-refractivity contribution < 1.29 is 14.3 Å².